The van der Waals surface area contributed by atoms with Gasteiger partial charge in [-0.25, -0.2) is 9.19 Å². The quantitative estimate of drug-likeness (QED) is 0.732. The highest BCUT2D eigenvalue weighted by Crippen LogP contribution is 2.09. The van der Waals surface area contributed by atoms with Crippen LogP contribution in [-0.2, 0) is 10.8 Å². The van der Waals surface area contributed by atoms with Crippen LogP contribution in [0.3, 0.4) is 0 Å². The van der Waals surface area contributed by atoms with E-state index >= 15 is 0 Å². The molecule has 2 atom stereocenters. The van der Waals surface area contributed by atoms with Crippen LogP contribution in [0.5, 0.6) is 0 Å². The van der Waals surface area contributed by atoms with Crippen LogP contribution in [0.4, 0.5) is 0 Å². The van der Waals surface area contributed by atoms with Crippen LogP contribution in [-0.4, -0.2) is 24.8 Å². The van der Waals surface area contributed by atoms with Crippen LogP contribution >= 0.6 is 0 Å². The molecule has 3 N–H and O–H groups in total. The first kappa shape index (κ1) is 10.3. The van der Waals surface area contributed by atoms with Crippen molar-refractivity contribution in [2.45, 2.75) is 30.8 Å². The number of aromatic amines is 1. The second kappa shape index (κ2) is 4.48. The van der Waals surface area contributed by atoms with Crippen molar-refractivity contribution in [2.75, 3.05) is 0 Å². The predicted octanol–water partition coefficient (Wildman–Crippen LogP) is 0.243. The minimum absolute atomic E-state index is 0.355. The molecule has 0 saturated heterocycles. The first-order valence-electron chi connectivity index (χ1n) is 4.12. The molecule has 0 aliphatic heterocycles. The van der Waals surface area contributed by atoms with Gasteiger partial charge in [0.15, 0.2) is 0 Å². The van der Waals surface area contributed by atoms with Crippen molar-refractivity contribution >= 4 is 10.8 Å². The van der Waals surface area contributed by atoms with E-state index in [9.17, 15) is 4.21 Å². The third kappa shape index (κ3) is 2.89. The van der Waals surface area contributed by atoms with E-state index in [0.717, 1.165) is 0 Å². The monoisotopic (exact) mass is 202 g/mol. The van der Waals surface area contributed by atoms with Crippen LogP contribution in [0.15, 0.2) is 11.5 Å². The van der Waals surface area contributed by atoms with Gasteiger partial charge in [0.1, 0.15) is 17.1 Å². The molecule has 0 radical (unpaired) electrons. The Labute approximate surface area is 79.6 Å². The predicted molar refractivity (Wildman–Crippen MR) is 50.2 cm³/mol. The van der Waals surface area contributed by atoms with Crippen LogP contribution in [0.2, 0.25) is 0 Å². The van der Waals surface area contributed by atoms with E-state index in [2.05, 4.69) is 15.2 Å². The molecule has 1 heterocycles. The summed E-state index contributed by atoms with van der Waals surface area (Å²) >= 11 is 0. The zero-order valence-electron chi connectivity index (χ0n) is 7.73. The number of nitrogens with one attached hydrogen (secondary N) is 1. The summed E-state index contributed by atoms with van der Waals surface area (Å²) in [6.45, 7) is 4.08. The van der Waals surface area contributed by atoms with Gasteiger partial charge in [0.05, 0.1) is 5.37 Å². The number of nitrogens with two attached hydrogens (primary N) is 1. The molecule has 1 unspecified atom stereocenters. The van der Waals surface area contributed by atoms with Crippen molar-refractivity contribution in [3.05, 3.63) is 6.33 Å². The maximum atomic E-state index is 11.6. The van der Waals surface area contributed by atoms with E-state index in [-0.39, 0.29) is 5.37 Å². The normalized spacial score (nSPS) is 16.0. The molecule has 0 amide bonds. The molecule has 5 nitrogen and oxygen atoms in total. The molecule has 0 bridgehead atoms. The van der Waals surface area contributed by atoms with Crippen LogP contribution in [0.25, 0.3) is 0 Å². The van der Waals surface area contributed by atoms with Gasteiger partial charge in [-0.2, -0.15) is 5.10 Å². The van der Waals surface area contributed by atoms with Gasteiger partial charge in [0.2, 0.25) is 5.16 Å². The average Bonchev–Trinajstić information content (AvgIpc) is 2.53. The van der Waals surface area contributed by atoms with Crippen molar-refractivity contribution in [2.24, 2.45) is 11.7 Å². The number of rotatable bonds is 4. The highest BCUT2D eigenvalue weighted by molar-refractivity contribution is 7.85. The molecule has 0 aliphatic rings. The van der Waals surface area contributed by atoms with Gasteiger partial charge in [-0.3, -0.25) is 5.10 Å². The Morgan fingerprint density at radius 3 is 2.85 bits per heavy atom. The summed E-state index contributed by atoms with van der Waals surface area (Å²) < 4.78 is 11.6. The average molecular weight is 202 g/mol. The second-order valence-corrected chi connectivity index (χ2v) is 4.84. The smallest absolute Gasteiger partial charge is 0.215 e. The van der Waals surface area contributed by atoms with Gasteiger partial charge in [-0.05, 0) is 12.3 Å². The molecule has 1 aromatic heterocycles. The number of nitrogens with zero attached hydrogens (tertiary/aromatic N) is 2. The largest absolute Gasteiger partial charge is 0.317 e. The van der Waals surface area contributed by atoms with Crippen molar-refractivity contribution < 1.29 is 4.21 Å². The lowest BCUT2D eigenvalue weighted by molar-refractivity contribution is 0.559. The van der Waals surface area contributed by atoms with Crippen LogP contribution in [0.1, 0.15) is 20.3 Å². The van der Waals surface area contributed by atoms with E-state index in [0.29, 0.717) is 17.5 Å². The molecule has 74 valence electrons. The molecule has 0 spiro atoms. The van der Waals surface area contributed by atoms with Crippen molar-refractivity contribution in [1.29, 1.82) is 0 Å². The molecule has 6 heteroatoms. The summed E-state index contributed by atoms with van der Waals surface area (Å²) in [5, 5.41) is 6.16. The zero-order valence-corrected chi connectivity index (χ0v) is 8.54. The Bertz CT molecular complexity index is 272. The van der Waals surface area contributed by atoms with E-state index in [1.807, 2.05) is 13.8 Å². The van der Waals surface area contributed by atoms with E-state index in [1.165, 1.54) is 6.33 Å². The summed E-state index contributed by atoms with van der Waals surface area (Å²) in [5.41, 5.74) is 5.72. The number of aromatic nitrogens is 3. The summed E-state index contributed by atoms with van der Waals surface area (Å²) in [6.07, 6.45) is 2.04. The van der Waals surface area contributed by atoms with Crippen LogP contribution in [0, 0.1) is 5.92 Å². The standard InChI is InChI=1S/C7H14N4OS/c1-5(2)3-6(8)13(12)7-9-4-10-11-7/h4-6H,3,8H2,1-2H3,(H,9,10,11)/t6-,13?/m1/s1. The van der Waals surface area contributed by atoms with Crippen molar-refractivity contribution in [3.8, 4) is 0 Å². The molecular formula is C7H14N4OS. The third-order valence-corrected chi connectivity index (χ3v) is 2.88. The van der Waals surface area contributed by atoms with Crippen molar-refractivity contribution in [1.82, 2.24) is 15.2 Å². The molecular weight excluding hydrogens is 188 g/mol. The Kier molecular flexibility index (Phi) is 3.56. The van der Waals surface area contributed by atoms with Gasteiger partial charge < -0.3 is 5.73 Å². The molecule has 0 fully saturated rings. The second-order valence-electron chi connectivity index (χ2n) is 3.26. The minimum atomic E-state index is -1.27. The zero-order chi connectivity index (χ0) is 9.84. The molecule has 1 rings (SSSR count). The number of H-pyrrole nitrogens is 1. The van der Waals surface area contributed by atoms with Gasteiger partial charge in [0, 0.05) is 0 Å². The van der Waals surface area contributed by atoms with E-state index in [1.54, 1.807) is 0 Å². The summed E-state index contributed by atoms with van der Waals surface area (Å²) in [7, 11) is -1.27. The van der Waals surface area contributed by atoms with Crippen molar-refractivity contribution in [3.63, 3.8) is 0 Å². The fourth-order valence-corrected chi connectivity index (χ4v) is 2.13. The lowest BCUT2D eigenvalue weighted by atomic mass is 10.1. The highest BCUT2D eigenvalue weighted by atomic mass is 32.2. The molecule has 13 heavy (non-hydrogen) atoms. The maximum Gasteiger partial charge on any atom is 0.215 e. The topological polar surface area (TPSA) is 84.7 Å². The molecule has 0 saturated carbocycles. The lowest BCUT2D eigenvalue weighted by Crippen LogP contribution is -2.28. The van der Waals surface area contributed by atoms with Gasteiger partial charge >= 0.3 is 0 Å². The van der Waals surface area contributed by atoms with Crippen LogP contribution < -0.4 is 5.73 Å². The molecule has 1 aromatic rings. The maximum absolute atomic E-state index is 11.6. The van der Waals surface area contributed by atoms with E-state index < -0.39 is 10.8 Å². The number of hydrogen-bond acceptors (Lipinski definition) is 4. The SMILES string of the molecule is CC(C)C[C@H](N)S(=O)c1ncn[nH]1. The molecule has 0 aliphatic carbocycles. The number of hydrogen-bond donors (Lipinski definition) is 2. The fraction of sp³-hybridized carbons (Fsp3) is 0.714. The first-order valence-corrected chi connectivity index (χ1v) is 5.34. The van der Waals surface area contributed by atoms with Gasteiger partial charge in [0.25, 0.3) is 0 Å². The summed E-state index contributed by atoms with van der Waals surface area (Å²) in [4.78, 5) is 3.80. The highest BCUT2D eigenvalue weighted by Gasteiger charge is 2.17. The Morgan fingerprint density at radius 2 is 2.38 bits per heavy atom. The minimum Gasteiger partial charge on any atom is -0.317 e. The van der Waals surface area contributed by atoms with Gasteiger partial charge in [-0.15, -0.1) is 0 Å². The Morgan fingerprint density at radius 1 is 1.69 bits per heavy atom. The Hall–Kier alpha value is -0.750. The first-order chi connectivity index (χ1) is 6.11. The summed E-state index contributed by atoms with van der Waals surface area (Å²) in [5.74, 6) is 0.432. The lowest BCUT2D eigenvalue weighted by Gasteiger charge is -2.11. The Balaban J connectivity index is 2.58. The summed E-state index contributed by atoms with van der Waals surface area (Å²) in [6, 6.07) is 0. The van der Waals surface area contributed by atoms with E-state index in [4.69, 9.17) is 5.73 Å². The third-order valence-electron chi connectivity index (χ3n) is 1.56. The van der Waals surface area contributed by atoms with Gasteiger partial charge in [-0.1, -0.05) is 13.8 Å². The fourth-order valence-electron chi connectivity index (χ4n) is 0.987. The molecule has 0 aromatic carbocycles.